The lowest BCUT2D eigenvalue weighted by Gasteiger charge is -2.24. The molecule has 1 aromatic carbocycles. The van der Waals surface area contributed by atoms with Crippen LogP contribution in [0.5, 0.6) is 0 Å². The summed E-state index contributed by atoms with van der Waals surface area (Å²) in [6.45, 7) is 0. The number of nitrogens with one attached hydrogen (secondary N) is 1. The van der Waals surface area contributed by atoms with Gasteiger partial charge in [0, 0.05) is 23.7 Å². The Morgan fingerprint density at radius 2 is 1.85 bits per heavy atom. The van der Waals surface area contributed by atoms with E-state index in [0.717, 1.165) is 4.68 Å². The zero-order valence-electron chi connectivity index (χ0n) is 13.1. The van der Waals surface area contributed by atoms with E-state index in [1.807, 2.05) is 0 Å². The molecular weight excluding hydrogens is 350 g/mol. The average molecular weight is 361 g/mol. The van der Waals surface area contributed by atoms with Crippen LogP contribution in [-0.4, -0.2) is 19.7 Å². The minimum Gasteiger partial charge on any atom is -0.324 e. The Morgan fingerprint density at radius 1 is 1.08 bits per heavy atom. The first kappa shape index (κ1) is 16.2. The van der Waals surface area contributed by atoms with E-state index < -0.39 is 23.9 Å². The molecule has 4 rings (SSSR count). The monoisotopic (exact) mass is 361 g/mol. The Hall–Kier alpha value is -3.23. The van der Waals surface area contributed by atoms with Crippen LogP contribution in [0.15, 0.2) is 54.9 Å². The second-order valence-corrected chi connectivity index (χ2v) is 5.64. The lowest BCUT2D eigenvalue weighted by Crippen LogP contribution is -2.20. The van der Waals surface area contributed by atoms with Crippen LogP contribution in [0.1, 0.15) is 23.0 Å². The first-order chi connectivity index (χ1) is 12.4. The van der Waals surface area contributed by atoms with Gasteiger partial charge in [-0.1, -0.05) is 12.1 Å². The van der Waals surface area contributed by atoms with Crippen molar-refractivity contribution >= 4 is 11.6 Å². The van der Waals surface area contributed by atoms with E-state index in [4.69, 9.17) is 0 Å². The van der Waals surface area contributed by atoms with Crippen LogP contribution < -0.4 is 5.32 Å². The SMILES string of the molecule is Fc1ccc([C@@H]2C=C(c3cccnc3)Nc3nc(C(F)(F)F)nn32)cc1. The predicted molar refractivity (Wildman–Crippen MR) is 85.4 cm³/mol. The zero-order chi connectivity index (χ0) is 18.3. The summed E-state index contributed by atoms with van der Waals surface area (Å²) in [5, 5.41) is 6.45. The lowest BCUT2D eigenvalue weighted by molar-refractivity contribution is -0.145. The van der Waals surface area contributed by atoms with E-state index in [0.29, 0.717) is 16.8 Å². The molecule has 0 fully saturated rings. The molecule has 0 spiro atoms. The molecule has 5 nitrogen and oxygen atoms in total. The first-order valence-corrected chi connectivity index (χ1v) is 7.60. The smallest absolute Gasteiger partial charge is 0.324 e. The highest BCUT2D eigenvalue weighted by Gasteiger charge is 2.39. The third-order valence-electron chi connectivity index (χ3n) is 3.90. The number of hydrogen-bond acceptors (Lipinski definition) is 4. The van der Waals surface area contributed by atoms with Gasteiger partial charge in [0.25, 0.3) is 5.82 Å². The molecule has 26 heavy (non-hydrogen) atoms. The molecule has 1 aliphatic rings. The maximum absolute atomic E-state index is 13.2. The van der Waals surface area contributed by atoms with Crippen LogP contribution in [0.2, 0.25) is 0 Å². The highest BCUT2D eigenvalue weighted by Crippen LogP contribution is 2.35. The van der Waals surface area contributed by atoms with E-state index in [1.165, 1.54) is 24.3 Å². The van der Waals surface area contributed by atoms with Crippen LogP contribution in [-0.2, 0) is 6.18 Å². The van der Waals surface area contributed by atoms with Gasteiger partial charge in [-0.2, -0.15) is 18.2 Å². The summed E-state index contributed by atoms with van der Waals surface area (Å²) in [7, 11) is 0. The molecule has 1 N–H and O–H groups in total. The molecule has 3 aromatic rings. The van der Waals surface area contributed by atoms with Gasteiger partial charge in [0.2, 0.25) is 5.95 Å². The third-order valence-corrected chi connectivity index (χ3v) is 3.90. The van der Waals surface area contributed by atoms with Gasteiger partial charge < -0.3 is 5.32 Å². The summed E-state index contributed by atoms with van der Waals surface area (Å²) in [6, 6.07) is 8.30. The number of nitrogens with zero attached hydrogens (tertiary/aromatic N) is 4. The normalized spacial score (nSPS) is 16.6. The quantitative estimate of drug-likeness (QED) is 0.704. The average Bonchev–Trinajstić information content (AvgIpc) is 3.07. The van der Waals surface area contributed by atoms with E-state index >= 15 is 0 Å². The Morgan fingerprint density at radius 3 is 2.50 bits per heavy atom. The molecule has 0 saturated carbocycles. The van der Waals surface area contributed by atoms with Gasteiger partial charge in [0.15, 0.2) is 0 Å². The molecule has 1 aliphatic heterocycles. The molecule has 9 heteroatoms. The van der Waals surface area contributed by atoms with Gasteiger partial charge in [-0.15, -0.1) is 5.10 Å². The van der Waals surface area contributed by atoms with Crippen molar-refractivity contribution in [1.29, 1.82) is 0 Å². The van der Waals surface area contributed by atoms with Crippen LogP contribution in [0.3, 0.4) is 0 Å². The number of alkyl halides is 3. The highest BCUT2D eigenvalue weighted by atomic mass is 19.4. The highest BCUT2D eigenvalue weighted by molar-refractivity contribution is 5.76. The summed E-state index contributed by atoms with van der Waals surface area (Å²) >= 11 is 0. The fourth-order valence-corrected chi connectivity index (χ4v) is 2.70. The minimum absolute atomic E-state index is 0.0481. The van der Waals surface area contributed by atoms with Crippen molar-refractivity contribution in [2.24, 2.45) is 0 Å². The van der Waals surface area contributed by atoms with Crippen molar-refractivity contribution in [2.45, 2.75) is 12.2 Å². The second kappa shape index (κ2) is 5.94. The van der Waals surface area contributed by atoms with Crippen LogP contribution in [0.4, 0.5) is 23.5 Å². The third kappa shape index (κ3) is 2.92. The number of rotatable bonds is 2. The Kier molecular flexibility index (Phi) is 3.71. The maximum atomic E-state index is 13.2. The van der Waals surface area contributed by atoms with Crippen molar-refractivity contribution in [3.8, 4) is 0 Å². The number of halogens is 4. The van der Waals surface area contributed by atoms with E-state index in [-0.39, 0.29) is 5.95 Å². The maximum Gasteiger partial charge on any atom is 0.453 e. The number of hydrogen-bond donors (Lipinski definition) is 1. The van der Waals surface area contributed by atoms with E-state index in [2.05, 4.69) is 20.4 Å². The van der Waals surface area contributed by atoms with Crippen LogP contribution in [0, 0.1) is 5.82 Å². The van der Waals surface area contributed by atoms with E-state index in [9.17, 15) is 17.6 Å². The largest absolute Gasteiger partial charge is 0.453 e. The molecule has 1 atom stereocenters. The molecule has 0 saturated heterocycles. The van der Waals surface area contributed by atoms with Gasteiger partial charge in [-0.3, -0.25) is 4.98 Å². The van der Waals surface area contributed by atoms with Gasteiger partial charge in [-0.05, 0) is 35.9 Å². The second-order valence-electron chi connectivity index (χ2n) is 5.64. The van der Waals surface area contributed by atoms with Gasteiger partial charge >= 0.3 is 6.18 Å². The Labute approximate surface area is 145 Å². The zero-order valence-corrected chi connectivity index (χ0v) is 13.1. The first-order valence-electron chi connectivity index (χ1n) is 7.60. The van der Waals surface area contributed by atoms with Crippen LogP contribution in [0.25, 0.3) is 5.70 Å². The predicted octanol–water partition coefficient (Wildman–Crippen LogP) is 3.89. The molecular formula is C17H11F4N5. The number of pyridine rings is 1. The molecule has 2 aromatic heterocycles. The summed E-state index contributed by atoms with van der Waals surface area (Å²) in [4.78, 5) is 7.59. The summed E-state index contributed by atoms with van der Waals surface area (Å²) in [6.07, 6.45) is 0.200. The van der Waals surface area contributed by atoms with Crippen molar-refractivity contribution in [3.63, 3.8) is 0 Å². The van der Waals surface area contributed by atoms with Crippen molar-refractivity contribution in [1.82, 2.24) is 19.7 Å². The van der Waals surface area contributed by atoms with Crippen LogP contribution >= 0.6 is 0 Å². The van der Waals surface area contributed by atoms with Crippen molar-refractivity contribution in [2.75, 3.05) is 5.32 Å². The fraction of sp³-hybridized carbons (Fsp3) is 0.118. The summed E-state index contributed by atoms with van der Waals surface area (Å²) in [5.41, 5.74) is 1.80. The molecule has 0 radical (unpaired) electrons. The fourth-order valence-electron chi connectivity index (χ4n) is 2.70. The summed E-state index contributed by atoms with van der Waals surface area (Å²) in [5.74, 6) is -1.73. The minimum atomic E-state index is -4.67. The molecule has 3 heterocycles. The number of aromatic nitrogens is 4. The molecule has 0 aliphatic carbocycles. The Balaban J connectivity index is 1.84. The number of allylic oxidation sites excluding steroid dienone is 1. The molecule has 0 unspecified atom stereocenters. The van der Waals surface area contributed by atoms with Crippen molar-refractivity contribution in [3.05, 3.63) is 77.6 Å². The molecule has 0 bridgehead atoms. The van der Waals surface area contributed by atoms with Crippen molar-refractivity contribution < 1.29 is 17.6 Å². The molecule has 132 valence electrons. The van der Waals surface area contributed by atoms with E-state index in [1.54, 1.807) is 30.6 Å². The standard InChI is InChI=1S/C17H11F4N5/c18-12-5-3-10(4-6-12)14-8-13(11-2-1-7-22-9-11)23-16-24-15(17(19,20)21)25-26(14)16/h1-9,14H,(H,23,24,25)/t14-/m0/s1. The Bertz CT molecular complexity index is 961. The topological polar surface area (TPSA) is 55.6 Å². The number of fused-ring (bicyclic) bond motifs is 1. The molecule has 0 amide bonds. The number of anilines is 1. The van der Waals surface area contributed by atoms with Gasteiger partial charge in [-0.25, -0.2) is 9.07 Å². The van der Waals surface area contributed by atoms with Gasteiger partial charge in [0.05, 0.1) is 0 Å². The van der Waals surface area contributed by atoms with Gasteiger partial charge in [0.1, 0.15) is 11.9 Å². The summed E-state index contributed by atoms with van der Waals surface area (Å²) < 4.78 is 53.5. The number of benzene rings is 1. The lowest BCUT2D eigenvalue weighted by atomic mass is 10.0.